The van der Waals surface area contributed by atoms with Crippen molar-refractivity contribution >= 4 is 57.7 Å². The van der Waals surface area contributed by atoms with Gasteiger partial charge in [0.1, 0.15) is 33.9 Å². The lowest BCUT2D eigenvalue weighted by Gasteiger charge is -2.32. The topological polar surface area (TPSA) is 267 Å². The molecule has 6 heterocycles. The second-order valence-electron chi connectivity index (χ2n) is 19.2. The number of aliphatic carboxylic acids is 1. The number of nitrogens with one attached hydrogen (secondary N) is 3. The van der Waals surface area contributed by atoms with Gasteiger partial charge in [-0.05, 0) is 149 Å². The quantitative estimate of drug-likeness (QED) is 0.0855. The van der Waals surface area contributed by atoms with E-state index in [0.29, 0.717) is 64.3 Å². The monoisotopic (exact) mass is 974 g/mol. The predicted octanol–water partition coefficient (Wildman–Crippen LogP) is 6.05. The summed E-state index contributed by atoms with van der Waals surface area (Å²) in [4.78, 5) is 48.7. The number of amides is 1. The summed E-state index contributed by atoms with van der Waals surface area (Å²) in [6.07, 6.45) is 13.9. The summed E-state index contributed by atoms with van der Waals surface area (Å²) in [5.41, 5.74) is 15.7. The van der Waals surface area contributed by atoms with E-state index in [1.807, 2.05) is 53.2 Å². The highest BCUT2D eigenvalue weighted by molar-refractivity contribution is 6.00. The number of likely N-dealkylation sites (tertiary alicyclic amines) is 1. The second-order valence-corrected chi connectivity index (χ2v) is 19.2. The van der Waals surface area contributed by atoms with Crippen LogP contribution in [0.3, 0.4) is 0 Å². The molecule has 6 fully saturated rings. The number of hydrogen-bond donors (Lipinski definition) is 6. The minimum absolute atomic E-state index is 0. The summed E-state index contributed by atoms with van der Waals surface area (Å²) in [6.45, 7) is 9.45. The Labute approximate surface area is 409 Å². The third kappa shape index (κ3) is 9.90. The summed E-state index contributed by atoms with van der Waals surface area (Å²) in [7, 11) is 0. The molecule has 8 N–H and O–H groups in total. The van der Waals surface area contributed by atoms with Crippen LogP contribution >= 0.6 is 12.4 Å². The van der Waals surface area contributed by atoms with Crippen LogP contribution in [-0.2, 0) is 9.59 Å². The number of piperidine rings is 2. The molecular weight excluding hydrogens is 916 g/mol. The number of nitrogen functional groups attached to an aromatic ring is 2. The fourth-order valence-corrected chi connectivity index (χ4v) is 11.0. The number of hydrogen-bond acceptors (Lipinski definition) is 13. The van der Waals surface area contributed by atoms with Gasteiger partial charge in [-0.15, -0.1) is 12.4 Å². The van der Waals surface area contributed by atoms with E-state index in [1.54, 1.807) is 9.58 Å². The van der Waals surface area contributed by atoms with Gasteiger partial charge in [0.15, 0.2) is 11.6 Å². The van der Waals surface area contributed by atoms with Gasteiger partial charge in [-0.25, -0.2) is 15.0 Å². The zero-order chi connectivity index (χ0) is 47.9. The predicted molar refractivity (Wildman–Crippen MR) is 268 cm³/mol. The average Bonchev–Trinajstić information content (AvgIpc) is 3.96. The number of H-pyrrole nitrogens is 2. The van der Waals surface area contributed by atoms with Gasteiger partial charge >= 0.3 is 5.97 Å². The number of aromatic amines is 2. The highest BCUT2D eigenvalue weighted by atomic mass is 35.5. The Bertz CT molecular complexity index is 3010. The Morgan fingerprint density at radius 3 is 1.57 bits per heavy atom. The molecule has 6 atom stereocenters. The third-order valence-electron chi connectivity index (χ3n) is 14.6. The van der Waals surface area contributed by atoms with Crippen molar-refractivity contribution in [3.63, 3.8) is 0 Å². The SMILES string of the molecule is C=CC(=O)N1CCC[C@@H](n2nc(-c3ccc(OC4CC5CC5C4)cc3)c3c(N)n[nH]c(=O)c32)C1.C=CC(=O)O.Cl.Nc1n[nH]c(=O)c2c1c(-c1ccc(OC3CC4CC4C3)cc1)nn2[C@@H]1CCCNC1. The molecule has 2 aromatic carbocycles. The summed E-state index contributed by atoms with van der Waals surface area (Å²) in [5.74, 6) is 4.66. The maximum Gasteiger partial charge on any atom is 0.327 e. The Hall–Kier alpha value is -6.99. The van der Waals surface area contributed by atoms with Crippen molar-refractivity contribution in [2.75, 3.05) is 37.6 Å². The molecule has 0 radical (unpaired) electrons. The van der Waals surface area contributed by atoms with Crippen LogP contribution in [-0.4, -0.2) is 100 Å². The van der Waals surface area contributed by atoms with Gasteiger partial charge in [-0.1, -0.05) is 13.2 Å². The zero-order valence-corrected chi connectivity index (χ0v) is 39.6. The average molecular weight is 976 g/mol. The molecule has 4 unspecified atom stereocenters. The molecule has 6 aromatic rings. The number of nitrogens with zero attached hydrogens (tertiary/aromatic N) is 7. The van der Waals surface area contributed by atoms with Crippen LogP contribution < -0.4 is 37.4 Å². The van der Waals surface area contributed by atoms with Crippen LogP contribution in [0.2, 0.25) is 0 Å². The number of aromatic nitrogens is 8. The van der Waals surface area contributed by atoms with Gasteiger partial charge in [0, 0.05) is 36.8 Å². The lowest BCUT2D eigenvalue weighted by Crippen LogP contribution is -2.40. The number of carbonyl (C=O) groups is 2. The number of carbonyl (C=O) groups excluding carboxylic acids is 1. The number of ether oxygens (including phenoxy) is 2. The van der Waals surface area contributed by atoms with E-state index in [1.165, 1.54) is 31.8 Å². The number of nitrogens with two attached hydrogens (primary N) is 2. The van der Waals surface area contributed by atoms with Gasteiger partial charge in [0.2, 0.25) is 5.91 Å². The molecule has 12 rings (SSSR count). The van der Waals surface area contributed by atoms with E-state index >= 15 is 0 Å². The minimum atomic E-state index is -0.981. The Balaban J connectivity index is 0.000000158. The first kappa shape index (κ1) is 48.1. The fourth-order valence-electron chi connectivity index (χ4n) is 11.0. The van der Waals surface area contributed by atoms with Gasteiger partial charge < -0.3 is 36.3 Å². The molecule has 2 aliphatic heterocycles. The standard InChI is InChI=1S/C25H28N6O3.C22H26N6O2.C3H4O2.ClH/c1-2-20(32)30-9-3-4-17(13-30)31-23-21(24(26)27-28-25(23)33)22(29-31)14-5-7-18(8-6-14)34-19-11-15-10-16(15)12-19;23-21-18-19(12-3-5-16(6-4-12)30-17-9-13-8-14(13)10-17)27-28(15-2-1-7-24-11-15)20(18)22(29)26-25-21;1-2-3(4)5;/h2,5-8,15-17,19H,1,3-4,9-13H2,(H2,26,27)(H,28,33);3-6,13-15,17,24H,1-2,7-11H2,(H2,23,25)(H,26,29);2H,1H2,(H,4,5);1H/t15?,16?,17-,19?;13?,14?,15-,17?;;/m11../s1. The minimum Gasteiger partial charge on any atom is -0.490 e. The zero-order valence-electron chi connectivity index (χ0n) is 38.8. The molecule has 0 spiro atoms. The van der Waals surface area contributed by atoms with Gasteiger partial charge in [-0.3, -0.25) is 23.7 Å². The van der Waals surface area contributed by atoms with Crippen LogP contribution in [0.5, 0.6) is 11.5 Å². The van der Waals surface area contributed by atoms with Crippen molar-refractivity contribution in [2.24, 2.45) is 23.7 Å². The van der Waals surface area contributed by atoms with Crippen molar-refractivity contribution in [3.8, 4) is 34.0 Å². The van der Waals surface area contributed by atoms with Crippen molar-refractivity contribution in [1.82, 2.24) is 50.2 Å². The first-order chi connectivity index (χ1) is 33.5. The number of fused-ring (bicyclic) bond motifs is 4. The summed E-state index contributed by atoms with van der Waals surface area (Å²) in [5, 5.41) is 34.8. The second kappa shape index (κ2) is 20.2. The normalized spacial score (nSPS) is 24.9. The van der Waals surface area contributed by atoms with E-state index < -0.39 is 5.97 Å². The molecule has 368 valence electrons. The molecule has 6 aliphatic rings. The number of carboxylic acid groups (broad SMARTS) is 1. The molecule has 4 aliphatic carbocycles. The maximum absolute atomic E-state index is 12.8. The Kier molecular flexibility index (Phi) is 13.8. The first-order valence-corrected chi connectivity index (χ1v) is 24.0. The maximum atomic E-state index is 12.8. The van der Waals surface area contributed by atoms with Gasteiger partial charge in [0.25, 0.3) is 11.1 Å². The van der Waals surface area contributed by atoms with Crippen LogP contribution in [0.4, 0.5) is 11.6 Å². The van der Waals surface area contributed by atoms with Crippen LogP contribution in [0.1, 0.15) is 76.3 Å². The molecule has 20 heteroatoms. The van der Waals surface area contributed by atoms with E-state index in [4.69, 9.17) is 36.2 Å². The number of anilines is 2. The summed E-state index contributed by atoms with van der Waals surface area (Å²) >= 11 is 0. The van der Waals surface area contributed by atoms with Crippen LogP contribution in [0.15, 0.2) is 83.4 Å². The highest BCUT2D eigenvalue weighted by Gasteiger charge is 2.47. The van der Waals surface area contributed by atoms with Crippen molar-refractivity contribution in [3.05, 3.63) is 94.5 Å². The Morgan fingerprint density at radius 1 is 0.686 bits per heavy atom. The van der Waals surface area contributed by atoms with E-state index in [0.717, 1.165) is 104 Å². The number of halogens is 1. The fraction of sp³-hybridized carbons (Fsp3) is 0.440. The first-order valence-electron chi connectivity index (χ1n) is 24.0. The van der Waals surface area contributed by atoms with Crippen molar-refractivity contribution in [1.29, 1.82) is 0 Å². The molecule has 0 bridgehead atoms. The smallest absolute Gasteiger partial charge is 0.327 e. The van der Waals surface area contributed by atoms with Gasteiger partial charge in [0.05, 0.1) is 35.1 Å². The van der Waals surface area contributed by atoms with E-state index in [-0.39, 0.29) is 47.3 Å². The number of benzene rings is 2. The summed E-state index contributed by atoms with van der Waals surface area (Å²) < 4.78 is 15.9. The molecule has 70 heavy (non-hydrogen) atoms. The summed E-state index contributed by atoms with van der Waals surface area (Å²) in [6, 6.07) is 15.7. The number of carboxylic acids is 1. The van der Waals surface area contributed by atoms with Crippen LogP contribution in [0, 0.1) is 23.7 Å². The third-order valence-corrected chi connectivity index (χ3v) is 14.6. The lowest BCUT2D eigenvalue weighted by atomic mass is 10.1. The molecule has 4 saturated carbocycles. The lowest BCUT2D eigenvalue weighted by molar-refractivity contribution is -0.131. The molecule has 4 aromatic heterocycles. The molecule has 19 nitrogen and oxygen atoms in total. The van der Waals surface area contributed by atoms with Gasteiger partial charge in [-0.2, -0.15) is 20.4 Å². The molecule has 2 saturated heterocycles. The largest absolute Gasteiger partial charge is 0.490 e. The van der Waals surface area contributed by atoms with Crippen molar-refractivity contribution in [2.45, 2.75) is 88.5 Å². The van der Waals surface area contributed by atoms with Crippen molar-refractivity contribution < 1.29 is 24.2 Å². The Morgan fingerprint density at radius 2 is 1.14 bits per heavy atom. The molecular formula is C50H59ClN12O7. The number of rotatable bonds is 10. The highest BCUT2D eigenvalue weighted by Crippen LogP contribution is 2.53. The molecule has 1 amide bonds. The van der Waals surface area contributed by atoms with Crippen LogP contribution in [0.25, 0.3) is 44.3 Å². The van der Waals surface area contributed by atoms with E-state index in [2.05, 4.69) is 38.9 Å². The van der Waals surface area contributed by atoms with E-state index in [9.17, 15) is 19.2 Å².